The number of nitrogens with two attached hydrogens (primary N) is 1. The highest BCUT2D eigenvalue weighted by molar-refractivity contribution is 7.89. The minimum atomic E-state index is -4.64. The minimum Gasteiger partial charge on any atom is -0.350 e. The van der Waals surface area contributed by atoms with E-state index in [1.54, 1.807) is 20.8 Å². The van der Waals surface area contributed by atoms with Crippen molar-refractivity contribution in [2.45, 2.75) is 75.1 Å². The second-order valence-electron chi connectivity index (χ2n) is 10.9. The molecule has 0 spiro atoms. The number of amides is 3. The molecule has 3 amide bonds. The lowest BCUT2D eigenvalue weighted by Gasteiger charge is -2.35. The molecule has 224 valence electrons. The topological polar surface area (TPSA) is 151 Å². The van der Waals surface area contributed by atoms with Crippen LogP contribution in [0, 0.1) is 0 Å². The van der Waals surface area contributed by atoms with Gasteiger partial charge in [0.1, 0.15) is 6.54 Å². The van der Waals surface area contributed by atoms with Crippen LogP contribution in [0.2, 0.25) is 0 Å². The average Bonchev–Trinajstić information content (AvgIpc) is 2.87. The van der Waals surface area contributed by atoms with Gasteiger partial charge in [0.15, 0.2) is 0 Å². The molecule has 2 aromatic rings. The monoisotopic (exact) mass is 597 g/mol. The van der Waals surface area contributed by atoms with Crippen molar-refractivity contribution in [2.24, 2.45) is 5.14 Å². The van der Waals surface area contributed by atoms with Crippen molar-refractivity contribution < 1.29 is 36.0 Å². The molecule has 0 saturated heterocycles. The summed E-state index contributed by atoms with van der Waals surface area (Å²) in [5.74, 6) is -1.84. The SMILES string of the molecule is CC(C)(C)NN(CC(=O)N[C@@H]1CCCC[C@@H]1NC(=O)c1ccc(S(N)(=O)=O)cc1)C(=O)c1cccc(C(F)(F)F)c1. The third-order valence-corrected chi connectivity index (χ3v) is 7.26. The highest BCUT2D eigenvalue weighted by Gasteiger charge is 2.33. The van der Waals surface area contributed by atoms with Crippen molar-refractivity contribution in [1.29, 1.82) is 0 Å². The van der Waals surface area contributed by atoms with Crippen molar-refractivity contribution >= 4 is 27.7 Å². The first-order valence-corrected chi connectivity index (χ1v) is 14.5. The zero-order valence-corrected chi connectivity index (χ0v) is 23.7. The predicted molar refractivity (Wildman–Crippen MR) is 145 cm³/mol. The van der Waals surface area contributed by atoms with Crippen molar-refractivity contribution in [1.82, 2.24) is 21.1 Å². The summed E-state index contributed by atoms with van der Waals surface area (Å²) in [6.45, 7) is 4.72. The van der Waals surface area contributed by atoms with Crippen LogP contribution >= 0.6 is 0 Å². The number of alkyl halides is 3. The van der Waals surface area contributed by atoms with Crippen LogP contribution in [-0.2, 0) is 21.0 Å². The molecule has 1 fully saturated rings. The molecule has 10 nitrogen and oxygen atoms in total. The lowest BCUT2D eigenvalue weighted by molar-refractivity contribution is -0.137. The number of nitrogens with zero attached hydrogens (tertiary/aromatic N) is 1. The van der Waals surface area contributed by atoms with Crippen LogP contribution in [0.15, 0.2) is 53.4 Å². The van der Waals surface area contributed by atoms with Crippen molar-refractivity contribution in [3.05, 3.63) is 65.2 Å². The first kappa shape index (κ1) is 32.0. The first-order chi connectivity index (χ1) is 18.9. The Morgan fingerprint density at radius 1 is 0.927 bits per heavy atom. The molecule has 3 rings (SSSR count). The summed E-state index contributed by atoms with van der Waals surface area (Å²) in [6, 6.07) is 8.17. The molecule has 0 aromatic heterocycles. The lowest BCUT2D eigenvalue weighted by atomic mass is 9.90. The molecule has 0 aliphatic heterocycles. The smallest absolute Gasteiger partial charge is 0.350 e. The van der Waals surface area contributed by atoms with E-state index in [0.29, 0.717) is 12.8 Å². The summed E-state index contributed by atoms with van der Waals surface area (Å²) in [7, 11) is -3.91. The molecule has 2 aromatic carbocycles. The average molecular weight is 598 g/mol. The van der Waals surface area contributed by atoms with Gasteiger partial charge in [0.05, 0.1) is 10.5 Å². The van der Waals surface area contributed by atoms with Gasteiger partial charge >= 0.3 is 6.18 Å². The molecule has 0 radical (unpaired) electrons. The molecule has 0 bridgehead atoms. The number of hydrogen-bond donors (Lipinski definition) is 4. The van der Waals surface area contributed by atoms with Gasteiger partial charge in [0.2, 0.25) is 15.9 Å². The summed E-state index contributed by atoms with van der Waals surface area (Å²) < 4.78 is 62.6. The fourth-order valence-corrected chi connectivity index (χ4v) is 4.99. The number of primary sulfonamides is 1. The molecular formula is C27H34F3N5O5S. The van der Waals surface area contributed by atoms with Gasteiger partial charge in [-0.2, -0.15) is 13.2 Å². The number of hydrazine groups is 1. The fourth-order valence-electron chi connectivity index (χ4n) is 4.47. The van der Waals surface area contributed by atoms with E-state index in [1.165, 1.54) is 30.3 Å². The van der Waals surface area contributed by atoms with Crippen LogP contribution in [0.4, 0.5) is 13.2 Å². The largest absolute Gasteiger partial charge is 0.416 e. The lowest BCUT2D eigenvalue weighted by Crippen LogP contribution is -2.58. The molecule has 41 heavy (non-hydrogen) atoms. The molecule has 0 unspecified atom stereocenters. The van der Waals surface area contributed by atoms with E-state index in [0.717, 1.165) is 36.0 Å². The maximum Gasteiger partial charge on any atom is 0.416 e. The van der Waals surface area contributed by atoms with Gasteiger partial charge in [-0.1, -0.05) is 18.9 Å². The fraction of sp³-hybridized carbons (Fsp3) is 0.444. The van der Waals surface area contributed by atoms with Gasteiger partial charge in [-0.3, -0.25) is 19.4 Å². The van der Waals surface area contributed by atoms with Gasteiger partial charge in [0.25, 0.3) is 11.8 Å². The van der Waals surface area contributed by atoms with Gasteiger partial charge in [-0.25, -0.2) is 19.0 Å². The zero-order chi connectivity index (χ0) is 30.6. The number of nitrogens with one attached hydrogen (secondary N) is 3. The summed E-state index contributed by atoms with van der Waals surface area (Å²) in [4.78, 5) is 39.0. The van der Waals surface area contributed by atoms with Crippen molar-refractivity contribution in [3.63, 3.8) is 0 Å². The van der Waals surface area contributed by atoms with Gasteiger partial charge in [-0.15, -0.1) is 0 Å². The third-order valence-electron chi connectivity index (χ3n) is 6.33. The number of benzene rings is 2. The quantitative estimate of drug-likeness (QED) is 0.344. The Balaban J connectivity index is 1.72. The standard InChI is InChI=1S/C27H34F3N5O5S/c1-26(2,3)34-35(25(38)18-7-6-8-19(15-18)27(28,29)30)16-23(36)32-21-9-4-5-10-22(21)33-24(37)17-11-13-20(14-12-17)41(31,39)40/h6-8,11-15,21-22,34H,4-5,9-10,16H2,1-3H3,(H,32,36)(H,33,37)(H2,31,39,40)/t21-,22+/m1/s1. The first-order valence-electron chi connectivity index (χ1n) is 12.9. The van der Waals surface area contributed by atoms with E-state index in [-0.39, 0.29) is 16.0 Å². The van der Waals surface area contributed by atoms with Crippen LogP contribution in [-0.4, -0.2) is 55.3 Å². The molecule has 2 atom stereocenters. The Kier molecular flexibility index (Phi) is 9.82. The second-order valence-corrected chi connectivity index (χ2v) is 12.5. The Labute approximate surface area is 236 Å². The molecule has 14 heteroatoms. The maximum absolute atomic E-state index is 13.2. The van der Waals surface area contributed by atoms with E-state index in [9.17, 15) is 36.0 Å². The predicted octanol–water partition coefficient (Wildman–Crippen LogP) is 2.96. The molecule has 1 aliphatic carbocycles. The molecule has 5 N–H and O–H groups in total. The number of carbonyl (C=O) groups excluding carboxylic acids is 3. The van der Waals surface area contributed by atoms with E-state index < -0.39 is 63.7 Å². The van der Waals surface area contributed by atoms with E-state index in [4.69, 9.17) is 5.14 Å². The van der Waals surface area contributed by atoms with Gasteiger partial charge in [0, 0.05) is 28.7 Å². The number of halogens is 3. The maximum atomic E-state index is 13.2. The Morgan fingerprint density at radius 2 is 1.51 bits per heavy atom. The minimum absolute atomic E-state index is 0.134. The van der Waals surface area contributed by atoms with Gasteiger partial charge < -0.3 is 10.6 Å². The summed E-state index contributed by atoms with van der Waals surface area (Å²) in [6.07, 6.45) is -1.93. The number of rotatable bonds is 8. The highest BCUT2D eigenvalue weighted by atomic mass is 32.2. The summed E-state index contributed by atoms with van der Waals surface area (Å²) >= 11 is 0. The second kappa shape index (κ2) is 12.6. The third kappa shape index (κ3) is 9.26. The highest BCUT2D eigenvalue weighted by Crippen LogP contribution is 2.30. The molecule has 1 aliphatic rings. The van der Waals surface area contributed by atoms with E-state index in [1.807, 2.05) is 0 Å². The van der Waals surface area contributed by atoms with Crippen LogP contribution in [0.25, 0.3) is 0 Å². The van der Waals surface area contributed by atoms with E-state index in [2.05, 4.69) is 16.1 Å². The number of carbonyl (C=O) groups is 3. The zero-order valence-electron chi connectivity index (χ0n) is 22.9. The molecular weight excluding hydrogens is 563 g/mol. The summed E-state index contributed by atoms with van der Waals surface area (Å²) in [5.41, 5.74) is 1.17. The van der Waals surface area contributed by atoms with Gasteiger partial charge in [-0.05, 0) is 76.1 Å². The Morgan fingerprint density at radius 3 is 2.05 bits per heavy atom. The number of hydrogen-bond acceptors (Lipinski definition) is 6. The number of sulfonamides is 1. The van der Waals surface area contributed by atoms with E-state index >= 15 is 0 Å². The molecule has 0 heterocycles. The Hall–Kier alpha value is -3.49. The van der Waals surface area contributed by atoms with Crippen LogP contribution in [0.3, 0.4) is 0 Å². The van der Waals surface area contributed by atoms with Crippen LogP contribution < -0.4 is 21.2 Å². The molecule has 1 saturated carbocycles. The Bertz CT molecular complexity index is 1370. The van der Waals surface area contributed by atoms with Crippen molar-refractivity contribution in [3.8, 4) is 0 Å². The van der Waals surface area contributed by atoms with Crippen LogP contribution in [0.5, 0.6) is 0 Å². The summed E-state index contributed by atoms with van der Waals surface area (Å²) in [5, 5.41) is 11.8. The normalized spacial score (nSPS) is 17.9. The van der Waals surface area contributed by atoms with Crippen molar-refractivity contribution in [2.75, 3.05) is 6.54 Å². The van der Waals surface area contributed by atoms with Crippen LogP contribution in [0.1, 0.15) is 72.7 Å².